The number of halogens is 1. The number of hydrogen-bond acceptors (Lipinski definition) is 3. The van der Waals surface area contributed by atoms with E-state index in [2.05, 4.69) is 16.2 Å². The van der Waals surface area contributed by atoms with Crippen LogP contribution in [0, 0.1) is 0 Å². The standard InChI is InChI=1S/C10H12FN3O2/c1-7(15)12-8-2-4-9(5-3-8)13-14-10(16)6-11/h2-5,13H,6H2,1H3,(H,12,15)(H,14,16). The molecule has 5 nitrogen and oxygen atoms in total. The Hall–Kier alpha value is -2.11. The van der Waals surface area contributed by atoms with E-state index in [0.29, 0.717) is 11.4 Å². The molecule has 86 valence electrons. The summed E-state index contributed by atoms with van der Waals surface area (Å²) < 4.78 is 11.8. The molecule has 6 heteroatoms. The van der Waals surface area contributed by atoms with Crippen LogP contribution in [0.25, 0.3) is 0 Å². The molecule has 0 saturated heterocycles. The van der Waals surface area contributed by atoms with Crippen LogP contribution < -0.4 is 16.2 Å². The molecular formula is C10H12FN3O2. The minimum Gasteiger partial charge on any atom is -0.326 e. The maximum atomic E-state index is 11.8. The van der Waals surface area contributed by atoms with Gasteiger partial charge in [0.15, 0.2) is 6.67 Å². The van der Waals surface area contributed by atoms with Crippen molar-refractivity contribution in [3.05, 3.63) is 24.3 Å². The predicted octanol–water partition coefficient (Wildman–Crippen LogP) is 1.06. The zero-order valence-electron chi connectivity index (χ0n) is 8.71. The number of rotatable bonds is 4. The van der Waals surface area contributed by atoms with Gasteiger partial charge in [-0.25, -0.2) is 4.39 Å². The molecule has 0 aromatic heterocycles. The maximum absolute atomic E-state index is 11.8. The summed E-state index contributed by atoms with van der Waals surface area (Å²) in [6.45, 7) is 0.338. The van der Waals surface area contributed by atoms with E-state index in [1.807, 2.05) is 0 Å². The van der Waals surface area contributed by atoms with Crippen molar-refractivity contribution in [3.8, 4) is 0 Å². The number of hydrogen-bond donors (Lipinski definition) is 3. The quantitative estimate of drug-likeness (QED) is 0.671. The number of nitrogens with one attached hydrogen (secondary N) is 3. The van der Waals surface area contributed by atoms with Gasteiger partial charge in [0.05, 0.1) is 5.69 Å². The third kappa shape index (κ3) is 3.95. The topological polar surface area (TPSA) is 70.2 Å². The van der Waals surface area contributed by atoms with Crippen molar-refractivity contribution in [2.24, 2.45) is 0 Å². The largest absolute Gasteiger partial charge is 0.326 e. The number of alkyl halides is 1. The van der Waals surface area contributed by atoms with Gasteiger partial charge in [-0.2, -0.15) is 0 Å². The first kappa shape index (κ1) is 12.0. The van der Waals surface area contributed by atoms with Gasteiger partial charge in [0.25, 0.3) is 5.91 Å². The second-order valence-electron chi connectivity index (χ2n) is 3.07. The molecule has 0 radical (unpaired) electrons. The summed E-state index contributed by atoms with van der Waals surface area (Å²) in [5, 5.41) is 2.59. The van der Waals surface area contributed by atoms with Gasteiger partial charge in [-0.05, 0) is 24.3 Å². The van der Waals surface area contributed by atoms with Gasteiger partial charge in [-0.15, -0.1) is 0 Å². The fourth-order valence-electron chi connectivity index (χ4n) is 1.02. The molecule has 0 aliphatic rings. The Morgan fingerprint density at radius 1 is 1.19 bits per heavy atom. The Morgan fingerprint density at radius 2 is 1.75 bits per heavy atom. The average Bonchev–Trinajstić information content (AvgIpc) is 2.27. The van der Waals surface area contributed by atoms with Crippen molar-refractivity contribution in [1.82, 2.24) is 5.43 Å². The minimum absolute atomic E-state index is 0.161. The smallest absolute Gasteiger partial charge is 0.269 e. The Balaban J connectivity index is 2.51. The zero-order chi connectivity index (χ0) is 12.0. The summed E-state index contributed by atoms with van der Waals surface area (Å²) >= 11 is 0. The molecule has 0 fully saturated rings. The lowest BCUT2D eigenvalue weighted by atomic mass is 10.3. The van der Waals surface area contributed by atoms with Crippen LogP contribution in [0.4, 0.5) is 15.8 Å². The number of benzene rings is 1. The van der Waals surface area contributed by atoms with Gasteiger partial charge in [-0.3, -0.25) is 20.4 Å². The fraction of sp³-hybridized carbons (Fsp3) is 0.200. The maximum Gasteiger partial charge on any atom is 0.269 e. The molecule has 16 heavy (non-hydrogen) atoms. The van der Waals surface area contributed by atoms with E-state index >= 15 is 0 Å². The molecule has 2 amide bonds. The number of amides is 2. The Labute approximate surface area is 92.0 Å². The first-order valence-corrected chi connectivity index (χ1v) is 4.60. The molecule has 0 spiro atoms. The Morgan fingerprint density at radius 3 is 2.25 bits per heavy atom. The van der Waals surface area contributed by atoms with Crippen molar-refractivity contribution in [2.75, 3.05) is 17.4 Å². The van der Waals surface area contributed by atoms with E-state index in [1.54, 1.807) is 24.3 Å². The van der Waals surface area contributed by atoms with Crippen LogP contribution in [0.1, 0.15) is 6.92 Å². The first-order chi connectivity index (χ1) is 7.61. The van der Waals surface area contributed by atoms with Crippen LogP contribution in [0.2, 0.25) is 0 Å². The second-order valence-corrected chi connectivity index (χ2v) is 3.07. The summed E-state index contributed by atoms with van der Waals surface area (Å²) in [5.74, 6) is -0.905. The second kappa shape index (κ2) is 5.69. The summed E-state index contributed by atoms with van der Waals surface area (Å²) in [5.41, 5.74) is 5.92. The molecule has 0 atom stereocenters. The van der Waals surface area contributed by atoms with Crippen molar-refractivity contribution >= 4 is 23.2 Å². The highest BCUT2D eigenvalue weighted by molar-refractivity contribution is 5.88. The monoisotopic (exact) mass is 225 g/mol. The predicted molar refractivity (Wildman–Crippen MR) is 58.5 cm³/mol. The van der Waals surface area contributed by atoms with E-state index in [0.717, 1.165) is 0 Å². The van der Waals surface area contributed by atoms with Gasteiger partial charge >= 0.3 is 0 Å². The van der Waals surface area contributed by atoms with Crippen LogP contribution >= 0.6 is 0 Å². The number of anilines is 2. The van der Waals surface area contributed by atoms with E-state index < -0.39 is 12.6 Å². The zero-order valence-corrected chi connectivity index (χ0v) is 8.71. The van der Waals surface area contributed by atoms with E-state index in [1.165, 1.54) is 6.92 Å². The lowest BCUT2D eigenvalue weighted by Gasteiger charge is -2.07. The molecule has 0 bridgehead atoms. The highest BCUT2D eigenvalue weighted by atomic mass is 19.1. The summed E-state index contributed by atoms with van der Waals surface area (Å²) in [4.78, 5) is 21.3. The van der Waals surface area contributed by atoms with Gasteiger partial charge in [-0.1, -0.05) is 0 Å². The van der Waals surface area contributed by atoms with Gasteiger partial charge < -0.3 is 5.32 Å². The SMILES string of the molecule is CC(=O)Nc1ccc(NNC(=O)CF)cc1. The normalized spacial score (nSPS) is 9.38. The molecule has 1 rings (SSSR count). The van der Waals surface area contributed by atoms with Crippen LogP contribution in [0.15, 0.2) is 24.3 Å². The average molecular weight is 225 g/mol. The summed E-state index contributed by atoms with van der Waals surface area (Å²) in [7, 11) is 0. The highest BCUT2D eigenvalue weighted by Crippen LogP contribution is 2.12. The summed E-state index contributed by atoms with van der Waals surface area (Å²) in [6, 6.07) is 6.60. The minimum atomic E-state index is -1.07. The number of carbonyl (C=O) groups is 2. The molecule has 0 unspecified atom stereocenters. The molecular weight excluding hydrogens is 213 g/mol. The third-order valence-corrected chi connectivity index (χ3v) is 1.67. The van der Waals surface area contributed by atoms with Crippen molar-refractivity contribution in [3.63, 3.8) is 0 Å². The number of carbonyl (C=O) groups excluding carboxylic acids is 2. The lowest BCUT2D eigenvalue weighted by Crippen LogP contribution is -2.30. The van der Waals surface area contributed by atoms with Crippen LogP contribution in [-0.2, 0) is 9.59 Å². The molecule has 0 heterocycles. The molecule has 0 aliphatic heterocycles. The Kier molecular flexibility index (Phi) is 4.26. The van der Waals surface area contributed by atoms with E-state index in [-0.39, 0.29) is 5.91 Å². The van der Waals surface area contributed by atoms with Crippen LogP contribution in [-0.4, -0.2) is 18.5 Å². The first-order valence-electron chi connectivity index (χ1n) is 4.60. The van der Waals surface area contributed by atoms with Crippen LogP contribution in [0.3, 0.4) is 0 Å². The van der Waals surface area contributed by atoms with Gasteiger partial charge in [0.1, 0.15) is 0 Å². The van der Waals surface area contributed by atoms with Gasteiger partial charge in [0, 0.05) is 12.6 Å². The molecule has 3 N–H and O–H groups in total. The van der Waals surface area contributed by atoms with E-state index in [4.69, 9.17) is 0 Å². The lowest BCUT2D eigenvalue weighted by molar-refractivity contribution is -0.121. The Bertz CT molecular complexity index is 378. The van der Waals surface area contributed by atoms with Crippen molar-refractivity contribution in [1.29, 1.82) is 0 Å². The molecule has 0 saturated carbocycles. The highest BCUT2D eigenvalue weighted by Gasteiger charge is 1.99. The summed E-state index contributed by atoms with van der Waals surface area (Å²) in [6.07, 6.45) is 0. The molecule has 1 aromatic rings. The molecule has 0 aliphatic carbocycles. The van der Waals surface area contributed by atoms with Crippen molar-refractivity contribution in [2.45, 2.75) is 6.92 Å². The van der Waals surface area contributed by atoms with Crippen molar-refractivity contribution < 1.29 is 14.0 Å². The van der Waals surface area contributed by atoms with Gasteiger partial charge in [0.2, 0.25) is 5.91 Å². The van der Waals surface area contributed by atoms with E-state index in [9.17, 15) is 14.0 Å². The third-order valence-electron chi connectivity index (χ3n) is 1.67. The fourth-order valence-corrected chi connectivity index (χ4v) is 1.02. The molecule has 1 aromatic carbocycles. The van der Waals surface area contributed by atoms with Crippen LogP contribution in [0.5, 0.6) is 0 Å². The number of hydrazine groups is 1.